The summed E-state index contributed by atoms with van der Waals surface area (Å²) in [6, 6.07) is 10.9. The summed E-state index contributed by atoms with van der Waals surface area (Å²) in [6.07, 6.45) is 1.57. The van der Waals surface area contributed by atoms with Crippen molar-refractivity contribution in [2.45, 2.75) is 97.3 Å². The Bertz CT molecular complexity index is 1140. The molecular formula is C30H39B2F2NO2. The highest BCUT2D eigenvalue weighted by atomic mass is 19.3. The van der Waals surface area contributed by atoms with Crippen LogP contribution in [0.5, 0.6) is 5.75 Å². The molecule has 4 radical (unpaired) electrons. The SMILES string of the molecule is [B]C([B])(C)CC(=O)c1cccc(OC(F)F)c1C(C)CC(C)c1cc(C2CC(C)(C)C2(C)C)ccc1N. The fourth-order valence-corrected chi connectivity index (χ4v) is 5.85. The van der Waals surface area contributed by atoms with Crippen LogP contribution in [0.3, 0.4) is 0 Å². The molecule has 3 nitrogen and oxygen atoms in total. The van der Waals surface area contributed by atoms with Gasteiger partial charge in [0.15, 0.2) is 5.78 Å². The van der Waals surface area contributed by atoms with Gasteiger partial charge in [0.1, 0.15) is 5.75 Å². The van der Waals surface area contributed by atoms with Crippen molar-refractivity contribution >= 4 is 27.2 Å². The van der Waals surface area contributed by atoms with Gasteiger partial charge in [0.25, 0.3) is 0 Å². The van der Waals surface area contributed by atoms with Gasteiger partial charge in [-0.15, -0.1) is 0 Å². The number of nitrogens with two attached hydrogens (primary N) is 1. The van der Waals surface area contributed by atoms with Crippen LogP contribution in [0.25, 0.3) is 0 Å². The molecular weight excluding hydrogens is 466 g/mol. The van der Waals surface area contributed by atoms with Gasteiger partial charge in [-0.05, 0) is 64.7 Å². The molecule has 1 aliphatic rings. The first-order chi connectivity index (χ1) is 16.9. The van der Waals surface area contributed by atoms with E-state index in [1.165, 1.54) is 17.7 Å². The number of carbonyl (C=O) groups is 1. The van der Waals surface area contributed by atoms with E-state index in [1.807, 2.05) is 13.0 Å². The number of hydrogen-bond donors (Lipinski definition) is 1. The number of rotatable bonds is 10. The average Bonchev–Trinajstić information content (AvgIpc) is 2.76. The minimum atomic E-state index is -3.01. The van der Waals surface area contributed by atoms with Crippen molar-refractivity contribution in [2.75, 3.05) is 5.73 Å². The molecule has 2 aromatic carbocycles. The van der Waals surface area contributed by atoms with E-state index in [0.717, 1.165) is 12.0 Å². The minimum absolute atomic E-state index is 0.00327. The summed E-state index contributed by atoms with van der Waals surface area (Å²) in [5.41, 5.74) is 10.6. The monoisotopic (exact) mass is 505 g/mol. The van der Waals surface area contributed by atoms with E-state index in [1.54, 1.807) is 13.0 Å². The Kier molecular flexibility index (Phi) is 8.27. The van der Waals surface area contributed by atoms with Crippen LogP contribution in [0.15, 0.2) is 36.4 Å². The van der Waals surface area contributed by atoms with Crippen molar-refractivity contribution < 1.29 is 18.3 Å². The van der Waals surface area contributed by atoms with E-state index in [-0.39, 0.29) is 40.6 Å². The molecule has 0 bridgehead atoms. The molecule has 1 fully saturated rings. The zero-order chi connectivity index (χ0) is 27.9. The summed E-state index contributed by atoms with van der Waals surface area (Å²) in [4.78, 5) is 13.1. The van der Waals surface area contributed by atoms with E-state index < -0.39 is 11.8 Å². The molecule has 2 N–H and O–H groups in total. The number of nitrogen functional groups attached to an aromatic ring is 1. The third kappa shape index (κ3) is 6.23. The molecule has 0 aliphatic heterocycles. The molecule has 0 amide bonds. The summed E-state index contributed by atoms with van der Waals surface area (Å²) in [6.45, 7) is 11.8. The van der Waals surface area contributed by atoms with Gasteiger partial charge in [-0.2, -0.15) is 8.78 Å². The third-order valence-electron chi connectivity index (χ3n) is 8.70. The predicted octanol–water partition coefficient (Wildman–Crippen LogP) is 7.75. The number of anilines is 1. The smallest absolute Gasteiger partial charge is 0.387 e. The minimum Gasteiger partial charge on any atom is -0.435 e. The number of ketones is 1. The van der Waals surface area contributed by atoms with Crippen LogP contribution in [-0.2, 0) is 0 Å². The summed E-state index contributed by atoms with van der Waals surface area (Å²) < 4.78 is 31.4. The molecule has 7 heteroatoms. The second-order valence-electron chi connectivity index (χ2n) is 12.5. The highest BCUT2D eigenvalue weighted by Gasteiger charge is 2.54. The van der Waals surface area contributed by atoms with Crippen LogP contribution in [0.1, 0.15) is 113 Å². The Balaban J connectivity index is 1.93. The van der Waals surface area contributed by atoms with Crippen LogP contribution in [0.2, 0.25) is 5.21 Å². The van der Waals surface area contributed by atoms with Gasteiger partial charge in [-0.25, -0.2) is 0 Å². The van der Waals surface area contributed by atoms with Gasteiger partial charge in [0.05, 0.1) is 15.7 Å². The van der Waals surface area contributed by atoms with E-state index in [9.17, 15) is 13.6 Å². The summed E-state index contributed by atoms with van der Waals surface area (Å²) in [7, 11) is 11.7. The largest absolute Gasteiger partial charge is 0.435 e. The number of ether oxygens (including phenoxy) is 1. The molecule has 0 saturated heterocycles. The molecule has 1 aliphatic carbocycles. The van der Waals surface area contributed by atoms with Crippen molar-refractivity contribution in [3.63, 3.8) is 0 Å². The first kappa shape index (κ1) is 29.3. The molecule has 2 aromatic rings. The van der Waals surface area contributed by atoms with Gasteiger partial charge in [0, 0.05) is 23.2 Å². The van der Waals surface area contributed by atoms with Crippen molar-refractivity contribution in [3.8, 4) is 5.75 Å². The fourth-order valence-electron chi connectivity index (χ4n) is 5.85. The summed E-state index contributed by atoms with van der Waals surface area (Å²) in [5, 5.41) is -1.22. The van der Waals surface area contributed by atoms with Crippen LogP contribution in [0.4, 0.5) is 14.5 Å². The van der Waals surface area contributed by atoms with Gasteiger partial charge in [-0.1, -0.05) is 77.9 Å². The maximum absolute atomic E-state index is 13.3. The summed E-state index contributed by atoms with van der Waals surface area (Å²) in [5.74, 6) is -0.122. The molecule has 3 rings (SSSR count). The average molecular weight is 505 g/mol. The Morgan fingerprint density at radius 2 is 1.78 bits per heavy atom. The number of Topliss-reactive ketones (excluding diaryl/α,β-unsaturated/α-hetero) is 1. The second-order valence-corrected chi connectivity index (χ2v) is 12.5. The lowest BCUT2D eigenvalue weighted by Crippen LogP contribution is -2.49. The van der Waals surface area contributed by atoms with Gasteiger partial charge >= 0.3 is 6.61 Å². The second kappa shape index (κ2) is 10.5. The Labute approximate surface area is 223 Å². The highest BCUT2D eigenvalue weighted by molar-refractivity contribution is 6.40. The molecule has 196 valence electrons. The van der Waals surface area contributed by atoms with Crippen LogP contribution >= 0.6 is 0 Å². The van der Waals surface area contributed by atoms with Gasteiger partial charge < -0.3 is 10.5 Å². The molecule has 1 saturated carbocycles. The fraction of sp³-hybridized carbons (Fsp3) is 0.567. The molecule has 3 atom stereocenters. The highest BCUT2D eigenvalue weighted by Crippen LogP contribution is 2.64. The Morgan fingerprint density at radius 3 is 2.32 bits per heavy atom. The maximum Gasteiger partial charge on any atom is 0.387 e. The van der Waals surface area contributed by atoms with E-state index in [0.29, 0.717) is 29.2 Å². The lowest BCUT2D eigenvalue weighted by Gasteiger charge is -2.59. The van der Waals surface area contributed by atoms with Gasteiger partial charge in [-0.3, -0.25) is 4.79 Å². The first-order valence-corrected chi connectivity index (χ1v) is 13.0. The zero-order valence-corrected chi connectivity index (χ0v) is 23.2. The quantitative estimate of drug-likeness (QED) is 0.204. The van der Waals surface area contributed by atoms with E-state index in [2.05, 4.69) is 46.8 Å². The molecule has 37 heavy (non-hydrogen) atoms. The van der Waals surface area contributed by atoms with E-state index >= 15 is 0 Å². The van der Waals surface area contributed by atoms with E-state index in [4.69, 9.17) is 26.2 Å². The lowest BCUT2D eigenvalue weighted by atomic mass is 9.45. The maximum atomic E-state index is 13.3. The number of hydrogen-bond acceptors (Lipinski definition) is 3. The van der Waals surface area contributed by atoms with Crippen molar-refractivity contribution in [2.24, 2.45) is 10.8 Å². The Morgan fingerprint density at radius 1 is 1.14 bits per heavy atom. The number of halogens is 2. The van der Waals surface area contributed by atoms with Crippen LogP contribution in [0, 0.1) is 10.8 Å². The lowest BCUT2D eigenvalue weighted by molar-refractivity contribution is -0.0506. The number of benzene rings is 2. The van der Waals surface area contributed by atoms with Crippen molar-refractivity contribution in [1.29, 1.82) is 0 Å². The summed E-state index contributed by atoms with van der Waals surface area (Å²) >= 11 is 0. The number of carbonyl (C=O) groups excluding carboxylic acids is 1. The van der Waals surface area contributed by atoms with Crippen molar-refractivity contribution in [1.82, 2.24) is 0 Å². The molecule has 3 unspecified atom stereocenters. The van der Waals surface area contributed by atoms with Crippen LogP contribution in [-0.4, -0.2) is 28.1 Å². The number of alkyl halides is 2. The first-order valence-electron chi connectivity index (χ1n) is 13.0. The Hall–Kier alpha value is -2.30. The third-order valence-corrected chi connectivity index (χ3v) is 8.70. The topological polar surface area (TPSA) is 52.3 Å². The van der Waals surface area contributed by atoms with Gasteiger partial charge in [0.2, 0.25) is 0 Å². The molecule has 0 spiro atoms. The standard InChI is InChI=1S/C30H39B2F2NO2/c1-17(21-14-19(11-12-23(21)35)22-15-28(3,4)29(22,5)6)13-18(2)26-20(24(36)16-30(7,31)32)9-8-10-25(26)37-27(33)34/h8-12,14,17-18,22,27H,13,15-16,35H2,1-7H3. The van der Waals surface area contributed by atoms with Crippen LogP contribution < -0.4 is 10.5 Å². The zero-order valence-electron chi connectivity index (χ0n) is 23.2. The predicted molar refractivity (Wildman–Crippen MR) is 149 cm³/mol. The normalized spacial score (nSPS) is 20.2. The van der Waals surface area contributed by atoms with Crippen molar-refractivity contribution in [3.05, 3.63) is 58.7 Å². The molecule has 0 aromatic heterocycles. The molecule has 0 heterocycles.